The molecule has 0 bridgehead atoms. The average molecular weight is 157 g/mol. The van der Waals surface area contributed by atoms with Crippen LogP contribution in [0, 0.1) is 5.92 Å². The Bertz CT molecular complexity index is 106. The van der Waals surface area contributed by atoms with Crippen molar-refractivity contribution in [1.82, 2.24) is 0 Å². The predicted octanol–water partition coefficient (Wildman–Crippen LogP) is 1.64. The van der Waals surface area contributed by atoms with Gasteiger partial charge in [0.2, 0.25) is 0 Å². The first-order chi connectivity index (χ1) is 4.93. The van der Waals surface area contributed by atoms with Gasteiger partial charge < -0.3 is 5.73 Å². The second-order valence-electron chi connectivity index (χ2n) is 2.63. The molecule has 1 rings (SSSR count). The molecule has 0 amide bonds. The van der Waals surface area contributed by atoms with Crippen LogP contribution < -0.4 is 5.73 Å². The molecular weight excluding hydrogens is 142 g/mol. The lowest BCUT2D eigenvalue weighted by Gasteiger charge is -1.97. The van der Waals surface area contributed by atoms with Gasteiger partial charge in [-0.1, -0.05) is 12.2 Å². The summed E-state index contributed by atoms with van der Waals surface area (Å²) in [4.78, 5) is 0. The molecule has 1 saturated heterocycles. The Morgan fingerprint density at radius 1 is 1.60 bits per heavy atom. The van der Waals surface area contributed by atoms with Crippen LogP contribution in [0.4, 0.5) is 0 Å². The molecule has 1 unspecified atom stereocenters. The molecule has 0 spiro atoms. The van der Waals surface area contributed by atoms with E-state index < -0.39 is 0 Å². The van der Waals surface area contributed by atoms with Gasteiger partial charge in [-0.3, -0.25) is 0 Å². The van der Waals surface area contributed by atoms with Crippen molar-refractivity contribution >= 4 is 11.8 Å². The van der Waals surface area contributed by atoms with E-state index in [2.05, 4.69) is 23.9 Å². The fourth-order valence-electron chi connectivity index (χ4n) is 1.09. The number of hydrogen-bond acceptors (Lipinski definition) is 2. The maximum absolute atomic E-state index is 5.36. The lowest BCUT2D eigenvalue weighted by molar-refractivity contribution is 0.743. The maximum atomic E-state index is 5.36. The quantitative estimate of drug-likeness (QED) is 0.630. The minimum atomic E-state index is 0.788. The topological polar surface area (TPSA) is 26.0 Å². The molecule has 0 aromatic rings. The molecular formula is C8H15NS. The van der Waals surface area contributed by atoms with Gasteiger partial charge in [-0.25, -0.2) is 0 Å². The molecule has 0 aliphatic carbocycles. The van der Waals surface area contributed by atoms with Crippen LogP contribution in [0.15, 0.2) is 12.2 Å². The summed E-state index contributed by atoms with van der Waals surface area (Å²) in [5.74, 6) is 3.51. The highest BCUT2D eigenvalue weighted by molar-refractivity contribution is 7.99. The molecule has 1 heterocycles. The van der Waals surface area contributed by atoms with E-state index in [0.717, 1.165) is 18.9 Å². The van der Waals surface area contributed by atoms with Crippen molar-refractivity contribution in [2.45, 2.75) is 12.8 Å². The highest BCUT2D eigenvalue weighted by Gasteiger charge is 2.10. The molecule has 1 fully saturated rings. The van der Waals surface area contributed by atoms with E-state index >= 15 is 0 Å². The molecule has 2 heteroatoms. The van der Waals surface area contributed by atoms with Crippen LogP contribution >= 0.6 is 11.8 Å². The molecule has 0 aromatic heterocycles. The molecule has 0 radical (unpaired) electrons. The summed E-state index contributed by atoms with van der Waals surface area (Å²) in [5.41, 5.74) is 5.36. The van der Waals surface area contributed by atoms with Crippen LogP contribution in [-0.4, -0.2) is 18.1 Å². The van der Waals surface area contributed by atoms with E-state index in [9.17, 15) is 0 Å². The van der Waals surface area contributed by atoms with Crippen molar-refractivity contribution in [3.05, 3.63) is 12.2 Å². The predicted molar refractivity (Wildman–Crippen MR) is 48.2 cm³/mol. The van der Waals surface area contributed by atoms with E-state index in [1.807, 2.05) is 0 Å². The van der Waals surface area contributed by atoms with Gasteiger partial charge in [-0.2, -0.15) is 11.8 Å². The fraction of sp³-hybridized carbons (Fsp3) is 0.750. The number of rotatable bonds is 3. The Balaban J connectivity index is 2.10. The third kappa shape index (κ3) is 2.76. The molecule has 1 aliphatic heterocycles. The zero-order valence-electron chi connectivity index (χ0n) is 6.25. The van der Waals surface area contributed by atoms with E-state index in [1.165, 1.54) is 17.9 Å². The first-order valence-corrected chi connectivity index (χ1v) is 5.03. The monoisotopic (exact) mass is 157 g/mol. The first-order valence-electron chi connectivity index (χ1n) is 3.88. The van der Waals surface area contributed by atoms with Crippen LogP contribution in [0.3, 0.4) is 0 Å². The zero-order valence-corrected chi connectivity index (χ0v) is 7.07. The molecule has 58 valence electrons. The van der Waals surface area contributed by atoms with Gasteiger partial charge in [0, 0.05) is 0 Å². The lowest BCUT2D eigenvalue weighted by atomic mass is 10.1. The lowest BCUT2D eigenvalue weighted by Crippen LogP contribution is -1.97. The third-order valence-electron chi connectivity index (χ3n) is 1.71. The molecule has 0 saturated carbocycles. The van der Waals surface area contributed by atoms with E-state index in [-0.39, 0.29) is 0 Å². The van der Waals surface area contributed by atoms with Crippen molar-refractivity contribution < 1.29 is 0 Å². The maximum Gasteiger partial charge on any atom is -0.000416 e. The second-order valence-corrected chi connectivity index (χ2v) is 3.78. The highest BCUT2D eigenvalue weighted by Crippen LogP contribution is 2.24. The number of thioether (sulfide) groups is 1. The number of nitrogens with two attached hydrogens (primary N) is 1. The third-order valence-corrected chi connectivity index (χ3v) is 2.89. The van der Waals surface area contributed by atoms with E-state index in [1.54, 1.807) is 0 Å². The van der Waals surface area contributed by atoms with Gasteiger partial charge in [0.25, 0.3) is 0 Å². The van der Waals surface area contributed by atoms with Gasteiger partial charge in [-0.05, 0) is 36.8 Å². The van der Waals surface area contributed by atoms with Crippen molar-refractivity contribution in [2.75, 3.05) is 18.1 Å². The minimum Gasteiger partial charge on any atom is -0.330 e. The largest absolute Gasteiger partial charge is 0.330 e. The summed E-state index contributed by atoms with van der Waals surface area (Å²) in [6.45, 7) is 0.788. The Morgan fingerprint density at radius 3 is 3.10 bits per heavy atom. The summed E-state index contributed by atoms with van der Waals surface area (Å²) in [6.07, 6.45) is 6.95. The Morgan fingerprint density at radius 2 is 2.50 bits per heavy atom. The fourth-order valence-corrected chi connectivity index (χ4v) is 2.31. The normalized spacial score (nSPS) is 26.3. The summed E-state index contributed by atoms with van der Waals surface area (Å²) in [5, 5.41) is 0. The van der Waals surface area contributed by atoms with Crippen LogP contribution in [0.2, 0.25) is 0 Å². The Kier molecular flexibility index (Phi) is 3.91. The molecule has 1 atom stereocenters. The first kappa shape index (κ1) is 8.15. The van der Waals surface area contributed by atoms with Crippen LogP contribution in [0.1, 0.15) is 12.8 Å². The van der Waals surface area contributed by atoms with Gasteiger partial charge in [-0.15, -0.1) is 0 Å². The van der Waals surface area contributed by atoms with Gasteiger partial charge >= 0.3 is 0 Å². The average Bonchev–Trinajstić information content (AvgIpc) is 2.41. The zero-order chi connectivity index (χ0) is 7.23. The Hall–Kier alpha value is 0.0500. The van der Waals surface area contributed by atoms with Crippen LogP contribution in [-0.2, 0) is 0 Å². The number of allylic oxidation sites excluding steroid dienone is 1. The second kappa shape index (κ2) is 4.80. The molecule has 2 N–H and O–H groups in total. The minimum absolute atomic E-state index is 0.788. The number of hydrogen-bond donors (Lipinski definition) is 1. The van der Waals surface area contributed by atoms with Crippen molar-refractivity contribution in [3.63, 3.8) is 0 Å². The SMILES string of the molecule is NCC/C=C/C1CCSC1. The van der Waals surface area contributed by atoms with Crippen molar-refractivity contribution in [3.8, 4) is 0 Å². The molecule has 1 aliphatic rings. The smallest absolute Gasteiger partial charge is 0.000416 e. The van der Waals surface area contributed by atoms with Crippen LogP contribution in [0.5, 0.6) is 0 Å². The molecule has 0 aromatic carbocycles. The van der Waals surface area contributed by atoms with E-state index in [4.69, 9.17) is 5.73 Å². The van der Waals surface area contributed by atoms with Crippen molar-refractivity contribution in [1.29, 1.82) is 0 Å². The summed E-state index contributed by atoms with van der Waals surface area (Å²) in [6, 6.07) is 0. The summed E-state index contributed by atoms with van der Waals surface area (Å²) >= 11 is 2.06. The van der Waals surface area contributed by atoms with Crippen molar-refractivity contribution in [2.24, 2.45) is 11.7 Å². The van der Waals surface area contributed by atoms with Gasteiger partial charge in [0.05, 0.1) is 0 Å². The standard InChI is InChI=1S/C8H15NS/c9-5-2-1-3-8-4-6-10-7-8/h1,3,8H,2,4-7,9H2/b3-1+. The molecule has 10 heavy (non-hydrogen) atoms. The van der Waals surface area contributed by atoms with Gasteiger partial charge in [0.15, 0.2) is 0 Å². The highest BCUT2D eigenvalue weighted by atomic mass is 32.2. The van der Waals surface area contributed by atoms with Gasteiger partial charge in [0.1, 0.15) is 0 Å². The summed E-state index contributed by atoms with van der Waals surface area (Å²) < 4.78 is 0. The van der Waals surface area contributed by atoms with E-state index in [0.29, 0.717) is 0 Å². The van der Waals surface area contributed by atoms with Crippen LogP contribution in [0.25, 0.3) is 0 Å². The Labute approximate surface area is 67.1 Å². The molecule has 1 nitrogen and oxygen atoms in total. The summed E-state index contributed by atoms with van der Waals surface area (Å²) in [7, 11) is 0.